The second-order valence-corrected chi connectivity index (χ2v) is 7.08. The Kier molecular flexibility index (Phi) is 4.52. The van der Waals surface area contributed by atoms with Crippen molar-refractivity contribution >= 4 is 6.08 Å². The first-order valence-corrected chi connectivity index (χ1v) is 9.20. The number of allylic oxidation sites excluding steroid dienone is 2. The number of benzene rings is 1. The molecule has 3 aliphatic rings. The van der Waals surface area contributed by atoms with Gasteiger partial charge in [0.05, 0.1) is 0 Å². The molecule has 0 N–H and O–H groups in total. The van der Waals surface area contributed by atoms with Crippen LogP contribution in [0, 0.1) is 6.92 Å². The fraction of sp³-hybridized carbons (Fsp3) is 0.476. The number of nitrogens with zero attached hydrogens (tertiary/aromatic N) is 2. The van der Waals surface area contributed by atoms with Gasteiger partial charge in [-0.1, -0.05) is 29.9 Å². The van der Waals surface area contributed by atoms with Crippen molar-refractivity contribution < 1.29 is 4.74 Å². The molecule has 0 fully saturated rings. The molecule has 0 aromatic heterocycles. The fourth-order valence-corrected chi connectivity index (χ4v) is 3.92. The van der Waals surface area contributed by atoms with Gasteiger partial charge < -0.3 is 4.74 Å². The van der Waals surface area contributed by atoms with Crippen molar-refractivity contribution in [1.82, 2.24) is 4.90 Å². The highest BCUT2D eigenvalue weighted by Gasteiger charge is 2.20. The summed E-state index contributed by atoms with van der Waals surface area (Å²) in [5, 5.41) is 2.26. The zero-order chi connectivity index (χ0) is 16.4. The molecule has 1 aromatic rings. The number of hydrogen-bond donors (Lipinski definition) is 0. The van der Waals surface area contributed by atoms with Crippen LogP contribution in [-0.2, 0) is 6.54 Å². The van der Waals surface area contributed by atoms with E-state index in [0.29, 0.717) is 6.73 Å². The zero-order valence-electron chi connectivity index (χ0n) is 14.6. The Hall–Kier alpha value is -1.87. The molecule has 2 aliphatic heterocycles. The number of hydrogen-bond acceptors (Lipinski definition) is 3. The van der Waals surface area contributed by atoms with Gasteiger partial charge in [-0.05, 0) is 51.0 Å². The van der Waals surface area contributed by atoms with E-state index in [2.05, 4.69) is 41.1 Å². The van der Waals surface area contributed by atoms with Gasteiger partial charge in [0.2, 0.25) is 0 Å². The summed E-state index contributed by atoms with van der Waals surface area (Å²) in [6.07, 6.45) is 16.1. The molecular formula is C21H26N2O. The maximum atomic E-state index is 6.14. The first-order valence-electron chi connectivity index (χ1n) is 9.20. The van der Waals surface area contributed by atoms with E-state index < -0.39 is 0 Å². The van der Waals surface area contributed by atoms with Crippen molar-refractivity contribution in [2.45, 2.75) is 52.0 Å². The summed E-state index contributed by atoms with van der Waals surface area (Å²) < 4.78 is 6.14. The molecule has 126 valence electrons. The third-order valence-corrected chi connectivity index (χ3v) is 5.26. The summed E-state index contributed by atoms with van der Waals surface area (Å²) in [7, 11) is 0. The van der Waals surface area contributed by atoms with E-state index in [1.807, 2.05) is 6.20 Å². The van der Waals surface area contributed by atoms with Crippen molar-refractivity contribution in [3.63, 3.8) is 0 Å². The van der Waals surface area contributed by atoms with Crippen molar-refractivity contribution in [2.75, 3.05) is 13.3 Å². The van der Waals surface area contributed by atoms with Crippen LogP contribution in [-0.4, -0.2) is 18.2 Å². The normalized spacial score (nSPS) is 20.0. The Labute approximate surface area is 144 Å². The van der Waals surface area contributed by atoms with E-state index in [0.717, 1.165) is 30.6 Å². The van der Waals surface area contributed by atoms with Crippen LogP contribution in [0.25, 0.3) is 6.08 Å². The predicted octanol–water partition coefficient (Wildman–Crippen LogP) is 3.35. The lowest BCUT2D eigenvalue weighted by Gasteiger charge is -2.30. The van der Waals surface area contributed by atoms with Gasteiger partial charge in [0.25, 0.3) is 0 Å². The van der Waals surface area contributed by atoms with E-state index in [4.69, 9.17) is 4.74 Å². The minimum absolute atomic E-state index is 0.676. The third-order valence-electron chi connectivity index (χ3n) is 5.26. The highest BCUT2D eigenvalue weighted by molar-refractivity contribution is 5.43. The Morgan fingerprint density at radius 3 is 3.08 bits per heavy atom. The van der Waals surface area contributed by atoms with Crippen LogP contribution in [0.5, 0.6) is 5.75 Å². The van der Waals surface area contributed by atoms with Gasteiger partial charge in [-0.15, -0.1) is 0 Å². The molecule has 4 rings (SSSR count). The monoisotopic (exact) mass is 322 g/mol. The largest absolute Gasteiger partial charge is 0.475 e. The lowest BCUT2D eigenvalue weighted by molar-refractivity contribution is 0.0945. The number of ether oxygens (including phenoxy) is 1. The molecular weight excluding hydrogens is 296 g/mol. The third kappa shape index (κ3) is 3.18. The van der Waals surface area contributed by atoms with Crippen LogP contribution in [0.1, 0.15) is 49.7 Å². The second-order valence-electron chi connectivity index (χ2n) is 7.08. The van der Waals surface area contributed by atoms with E-state index in [9.17, 15) is 0 Å². The van der Waals surface area contributed by atoms with Crippen molar-refractivity contribution in [3.8, 4) is 5.75 Å². The topological polar surface area (TPSA) is 24.8 Å². The van der Waals surface area contributed by atoms with Crippen LogP contribution >= 0.6 is 0 Å². The molecule has 0 atom stereocenters. The molecule has 24 heavy (non-hydrogen) atoms. The molecule has 0 spiro atoms. The summed E-state index contributed by atoms with van der Waals surface area (Å²) in [6, 6.07) is 2.29. The average molecular weight is 322 g/mol. The standard InChI is InChI=1S/C21H26N2O/c1-16-13-18-14-23(12-10-17-7-3-2-4-8-17)15-24-21(18)20-19(16)9-5-6-11-22-20/h6-7,9,11,13H,2-5,8,10,12,14-15H2,1H3. The summed E-state index contributed by atoms with van der Waals surface area (Å²) in [6.45, 7) is 4.91. The Morgan fingerprint density at radius 1 is 1.25 bits per heavy atom. The molecule has 3 heteroatoms. The van der Waals surface area contributed by atoms with Gasteiger partial charge in [-0.3, -0.25) is 9.89 Å². The van der Waals surface area contributed by atoms with E-state index in [-0.39, 0.29) is 0 Å². The molecule has 0 radical (unpaired) electrons. The molecule has 0 saturated heterocycles. The van der Waals surface area contributed by atoms with Crippen LogP contribution in [0.15, 0.2) is 35.0 Å². The quantitative estimate of drug-likeness (QED) is 0.797. The molecule has 2 heterocycles. The smallest absolute Gasteiger partial charge is 0.152 e. The summed E-state index contributed by atoms with van der Waals surface area (Å²) in [5.74, 6) is 0.992. The van der Waals surface area contributed by atoms with Gasteiger partial charge in [-0.25, -0.2) is 0 Å². The molecule has 1 aromatic carbocycles. The van der Waals surface area contributed by atoms with Gasteiger partial charge >= 0.3 is 0 Å². The minimum Gasteiger partial charge on any atom is -0.475 e. The lowest BCUT2D eigenvalue weighted by Crippen LogP contribution is -2.39. The van der Waals surface area contributed by atoms with Crippen LogP contribution < -0.4 is 15.3 Å². The molecule has 1 aliphatic carbocycles. The van der Waals surface area contributed by atoms with Crippen molar-refractivity contribution in [3.05, 3.63) is 51.7 Å². The minimum atomic E-state index is 0.676. The van der Waals surface area contributed by atoms with Crippen LogP contribution in [0.4, 0.5) is 0 Å². The van der Waals surface area contributed by atoms with E-state index >= 15 is 0 Å². The maximum Gasteiger partial charge on any atom is 0.152 e. The highest BCUT2D eigenvalue weighted by atomic mass is 16.5. The average Bonchev–Trinajstić information content (AvgIpc) is 2.87. The van der Waals surface area contributed by atoms with Gasteiger partial charge in [0, 0.05) is 30.1 Å². The van der Waals surface area contributed by atoms with Gasteiger partial charge in [0.1, 0.15) is 12.1 Å². The summed E-state index contributed by atoms with van der Waals surface area (Å²) in [4.78, 5) is 7.06. The maximum absolute atomic E-state index is 6.14. The van der Waals surface area contributed by atoms with E-state index in [1.54, 1.807) is 5.57 Å². The zero-order valence-corrected chi connectivity index (χ0v) is 14.6. The lowest BCUT2D eigenvalue weighted by atomic mass is 9.97. The number of rotatable bonds is 3. The number of fused-ring (bicyclic) bond motifs is 3. The second kappa shape index (κ2) is 6.94. The number of aryl methyl sites for hydroxylation is 1. The molecule has 0 unspecified atom stereocenters. The van der Waals surface area contributed by atoms with Crippen LogP contribution in [0.2, 0.25) is 0 Å². The van der Waals surface area contributed by atoms with Gasteiger partial charge in [-0.2, -0.15) is 0 Å². The first kappa shape index (κ1) is 15.6. The molecule has 0 bridgehead atoms. The highest BCUT2D eigenvalue weighted by Crippen LogP contribution is 2.24. The summed E-state index contributed by atoms with van der Waals surface area (Å²) in [5.41, 5.74) is 4.22. The molecule has 0 amide bonds. The fourth-order valence-electron chi connectivity index (χ4n) is 3.92. The summed E-state index contributed by atoms with van der Waals surface area (Å²) >= 11 is 0. The molecule has 3 nitrogen and oxygen atoms in total. The van der Waals surface area contributed by atoms with Crippen molar-refractivity contribution in [1.29, 1.82) is 0 Å². The Morgan fingerprint density at radius 2 is 2.21 bits per heavy atom. The Balaban J connectivity index is 1.54. The van der Waals surface area contributed by atoms with E-state index in [1.165, 1.54) is 48.4 Å². The SMILES string of the molecule is Cc1cc2c(c3c1=CCC=CN=3)OCN(CCC1=CCCCC1)C2. The molecule has 0 saturated carbocycles. The Bertz CT molecular complexity index is 804. The van der Waals surface area contributed by atoms with Crippen LogP contribution in [0.3, 0.4) is 0 Å². The van der Waals surface area contributed by atoms with Gasteiger partial charge in [0.15, 0.2) is 5.75 Å². The first-order chi connectivity index (χ1) is 11.8. The predicted molar refractivity (Wildman–Crippen MR) is 97.3 cm³/mol. The van der Waals surface area contributed by atoms with Crippen molar-refractivity contribution in [2.24, 2.45) is 4.99 Å².